The molecule has 0 aliphatic heterocycles. The minimum Gasteiger partial charge on any atom is -0.481 e. The summed E-state index contributed by atoms with van der Waals surface area (Å²) in [7, 11) is 0. The summed E-state index contributed by atoms with van der Waals surface area (Å²) in [5, 5.41) is 15.2. The highest BCUT2D eigenvalue weighted by molar-refractivity contribution is 9.10. The van der Waals surface area contributed by atoms with Crippen molar-refractivity contribution in [3.8, 4) is 5.75 Å². The van der Waals surface area contributed by atoms with Gasteiger partial charge in [-0.25, -0.2) is 10.2 Å². The number of hydrazone groups is 1. The molecule has 0 saturated carbocycles. The van der Waals surface area contributed by atoms with E-state index in [2.05, 4.69) is 26.5 Å². The van der Waals surface area contributed by atoms with E-state index in [1.807, 2.05) is 0 Å². The smallest absolute Gasteiger partial charge is 0.344 e. The molecular weight excluding hydrogens is 474 g/mol. The first kappa shape index (κ1) is 22.0. The van der Waals surface area contributed by atoms with Gasteiger partial charge in [0.15, 0.2) is 12.4 Å². The number of amides is 1. The van der Waals surface area contributed by atoms with E-state index in [1.165, 1.54) is 30.5 Å². The maximum atomic E-state index is 12.3. The summed E-state index contributed by atoms with van der Waals surface area (Å²) < 4.78 is 16.4. The van der Waals surface area contributed by atoms with E-state index in [1.54, 1.807) is 25.1 Å². The first-order valence-electron chi connectivity index (χ1n) is 8.96. The van der Waals surface area contributed by atoms with Crippen LogP contribution in [0, 0.1) is 10.1 Å². The fourth-order valence-corrected chi connectivity index (χ4v) is 2.94. The summed E-state index contributed by atoms with van der Waals surface area (Å²) in [6.07, 6.45) is 1.34. The van der Waals surface area contributed by atoms with E-state index in [4.69, 9.17) is 13.9 Å². The minimum absolute atomic E-state index is 0.0549. The Hall–Kier alpha value is -3.73. The van der Waals surface area contributed by atoms with Crippen LogP contribution >= 0.6 is 15.9 Å². The molecule has 0 aliphatic carbocycles. The molecule has 0 bridgehead atoms. The minimum atomic E-state index is -0.640. The Morgan fingerprint density at radius 1 is 1.26 bits per heavy atom. The number of carbonyl (C=O) groups excluding carboxylic acids is 2. The molecule has 10 nitrogen and oxygen atoms in total. The van der Waals surface area contributed by atoms with Crippen LogP contribution < -0.4 is 10.2 Å². The van der Waals surface area contributed by atoms with Crippen LogP contribution in [0.15, 0.2) is 56.5 Å². The van der Waals surface area contributed by atoms with Gasteiger partial charge in [0, 0.05) is 27.6 Å². The summed E-state index contributed by atoms with van der Waals surface area (Å²) in [5.41, 5.74) is 3.04. The Labute approximate surface area is 184 Å². The number of hydrogen-bond donors (Lipinski definition) is 1. The molecule has 3 aromatic rings. The van der Waals surface area contributed by atoms with Crippen LogP contribution in [0.2, 0.25) is 0 Å². The molecule has 0 atom stereocenters. The molecule has 0 spiro atoms. The summed E-state index contributed by atoms with van der Waals surface area (Å²) in [6.45, 7) is 1.67. The molecule has 1 amide bonds. The lowest BCUT2D eigenvalue weighted by molar-refractivity contribution is -0.384. The Balaban J connectivity index is 1.70. The fraction of sp³-hybridized carbons (Fsp3) is 0.150. The number of hydrogen-bond acceptors (Lipinski definition) is 8. The number of halogens is 1. The maximum Gasteiger partial charge on any atom is 0.344 e. The van der Waals surface area contributed by atoms with Crippen LogP contribution in [0.5, 0.6) is 5.75 Å². The Bertz CT molecular complexity index is 1170. The summed E-state index contributed by atoms with van der Waals surface area (Å²) in [6, 6.07) is 10.5. The van der Waals surface area contributed by atoms with Crippen molar-refractivity contribution < 1.29 is 28.4 Å². The lowest BCUT2D eigenvalue weighted by atomic mass is 10.2. The molecular formula is C20H16BrN3O7. The zero-order valence-corrected chi connectivity index (χ0v) is 17.7. The molecule has 0 fully saturated rings. The van der Waals surface area contributed by atoms with Crippen molar-refractivity contribution in [3.63, 3.8) is 0 Å². The van der Waals surface area contributed by atoms with Crippen molar-refractivity contribution in [1.29, 1.82) is 0 Å². The number of nitrogens with one attached hydrogen (secondary N) is 1. The number of rotatable bonds is 8. The maximum absolute atomic E-state index is 12.3. The Morgan fingerprint density at radius 3 is 2.81 bits per heavy atom. The summed E-state index contributed by atoms with van der Waals surface area (Å²) in [5.74, 6) is -0.836. The number of furan rings is 1. The number of ether oxygens (including phenoxy) is 2. The number of benzene rings is 2. The van der Waals surface area contributed by atoms with Crippen LogP contribution in [0.4, 0.5) is 5.69 Å². The van der Waals surface area contributed by atoms with Gasteiger partial charge in [0.25, 0.3) is 5.69 Å². The van der Waals surface area contributed by atoms with Gasteiger partial charge >= 0.3 is 11.9 Å². The first-order valence-corrected chi connectivity index (χ1v) is 9.76. The van der Waals surface area contributed by atoms with Crippen LogP contribution in [-0.2, 0) is 9.53 Å². The van der Waals surface area contributed by atoms with Gasteiger partial charge in [-0.2, -0.15) is 5.10 Å². The highest BCUT2D eigenvalue weighted by Crippen LogP contribution is 2.24. The second-order valence-electron chi connectivity index (χ2n) is 6.06. The van der Waals surface area contributed by atoms with E-state index in [0.29, 0.717) is 22.3 Å². The van der Waals surface area contributed by atoms with Gasteiger partial charge in [-0.15, -0.1) is 0 Å². The van der Waals surface area contributed by atoms with Crippen molar-refractivity contribution in [2.45, 2.75) is 6.92 Å². The largest absolute Gasteiger partial charge is 0.481 e. The number of esters is 1. The third-order valence-electron chi connectivity index (χ3n) is 3.93. The molecule has 160 valence electrons. The standard InChI is InChI=1S/C20H16BrN3O7/c1-2-29-19(25)11-30-16-5-3-14(21)7-13(16)10-22-23-20(26)18-9-12-8-15(24(27)28)4-6-17(12)31-18/h3-10H,2,11H2,1H3,(H,23,26)/b22-10-. The second kappa shape index (κ2) is 9.85. The average Bonchev–Trinajstić information content (AvgIpc) is 3.17. The number of nitrogens with zero attached hydrogens (tertiary/aromatic N) is 2. The van der Waals surface area contributed by atoms with Gasteiger partial charge < -0.3 is 13.9 Å². The zero-order valence-electron chi connectivity index (χ0n) is 16.2. The average molecular weight is 490 g/mol. The Kier molecular flexibility index (Phi) is 6.98. The van der Waals surface area contributed by atoms with E-state index in [-0.39, 0.29) is 24.7 Å². The van der Waals surface area contributed by atoms with Crippen LogP contribution in [-0.4, -0.2) is 36.2 Å². The lowest BCUT2D eigenvalue weighted by Gasteiger charge is -2.09. The molecule has 0 unspecified atom stereocenters. The molecule has 1 N–H and O–H groups in total. The molecule has 0 saturated heterocycles. The van der Waals surface area contributed by atoms with E-state index >= 15 is 0 Å². The third kappa shape index (κ3) is 5.66. The number of non-ortho nitro benzene ring substituents is 1. The normalized spacial score (nSPS) is 10.9. The fourth-order valence-electron chi connectivity index (χ4n) is 2.56. The number of fused-ring (bicyclic) bond motifs is 1. The molecule has 0 radical (unpaired) electrons. The van der Waals surface area contributed by atoms with Gasteiger partial charge in [0.1, 0.15) is 11.3 Å². The van der Waals surface area contributed by atoms with Gasteiger partial charge in [-0.05, 0) is 37.3 Å². The Morgan fingerprint density at radius 2 is 2.06 bits per heavy atom. The molecule has 11 heteroatoms. The number of nitro groups is 1. The second-order valence-corrected chi connectivity index (χ2v) is 6.98. The van der Waals surface area contributed by atoms with Crippen molar-refractivity contribution in [2.24, 2.45) is 5.10 Å². The molecule has 1 aromatic heterocycles. The quantitative estimate of drug-likeness (QED) is 0.220. The van der Waals surface area contributed by atoms with Crippen molar-refractivity contribution in [3.05, 3.63) is 68.4 Å². The van der Waals surface area contributed by atoms with Crippen molar-refractivity contribution in [1.82, 2.24) is 5.43 Å². The first-order chi connectivity index (χ1) is 14.9. The van der Waals surface area contributed by atoms with Gasteiger partial charge in [0.05, 0.1) is 17.7 Å². The lowest BCUT2D eigenvalue weighted by Crippen LogP contribution is -2.17. The van der Waals surface area contributed by atoms with Crippen molar-refractivity contribution >= 4 is 50.7 Å². The topological polar surface area (TPSA) is 133 Å². The predicted molar refractivity (Wildman–Crippen MR) is 114 cm³/mol. The zero-order chi connectivity index (χ0) is 22.4. The summed E-state index contributed by atoms with van der Waals surface area (Å²) >= 11 is 3.34. The van der Waals surface area contributed by atoms with Crippen LogP contribution in [0.1, 0.15) is 23.0 Å². The van der Waals surface area contributed by atoms with E-state index < -0.39 is 16.8 Å². The van der Waals surface area contributed by atoms with Crippen LogP contribution in [0.25, 0.3) is 11.0 Å². The molecule has 31 heavy (non-hydrogen) atoms. The molecule has 0 aliphatic rings. The third-order valence-corrected chi connectivity index (χ3v) is 4.42. The molecule has 3 rings (SSSR count). The van der Waals surface area contributed by atoms with Gasteiger partial charge in [0.2, 0.25) is 0 Å². The van der Waals surface area contributed by atoms with Crippen molar-refractivity contribution in [2.75, 3.05) is 13.2 Å². The van der Waals surface area contributed by atoms with Gasteiger partial charge in [-0.1, -0.05) is 15.9 Å². The SMILES string of the molecule is CCOC(=O)COc1ccc(Br)cc1/C=N\NC(=O)c1cc2cc([N+](=O)[O-])ccc2o1. The predicted octanol–water partition coefficient (Wildman–Crippen LogP) is 3.81. The highest BCUT2D eigenvalue weighted by Gasteiger charge is 2.15. The molecule has 2 aromatic carbocycles. The number of carbonyl (C=O) groups is 2. The van der Waals surface area contributed by atoms with E-state index in [9.17, 15) is 19.7 Å². The highest BCUT2D eigenvalue weighted by atomic mass is 79.9. The summed E-state index contributed by atoms with van der Waals surface area (Å²) in [4.78, 5) is 34.1. The van der Waals surface area contributed by atoms with E-state index in [0.717, 1.165) is 4.47 Å². The monoisotopic (exact) mass is 489 g/mol. The van der Waals surface area contributed by atoms with Crippen LogP contribution in [0.3, 0.4) is 0 Å². The van der Waals surface area contributed by atoms with Gasteiger partial charge in [-0.3, -0.25) is 14.9 Å². The number of nitro benzene ring substituents is 1. The molecule has 1 heterocycles.